The zero-order valence-corrected chi connectivity index (χ0v) is 12.1. The molecule has 0 aliphatic carbocycles. The minimum atomic E-state index is -0.793. The summed E-state index contributed by atoms with van der Waals surface area (Å²) in [7, 11) is 1.57. The molecule has 4 N–H and O–H groups in total. The van der Waals surface area contributed by atoms with Crippen LogP contribution in [0.3, 0.4) is 0 Å². The monoisotopic (exact) mass is 274 g/mol. The van der Waals surface area contributed by atoms with Gasteiger partial charge in [-0.15, -0.1) is 0 Å². The van der Waals surface area contributed by atoms with E-state index in [1.807, 2.05) is 13.8 Å². The summed E-state index contributed by atoms with van der Waals surface area (Å²) in [5.41, 5.74) is 5.57. The Bertz CT molecular complexity index is 292. The number of carbonyl (C=O) groups is 2. The molecule has 0 rings (SSSR count). The second kappa shape index (κ2) is 8.87. The van der Waals surface area contributed by atoms with Gasteiger partial charge in [0, 0.05) is 26.7 Å². The number of hydrogen-bond donors (Lipinski definition) is 3. The Morgan fingerprint density at radius 1 is 1.37 bits per heavy atom. The highest BCUT2D eigenvalue weighted by Gasteiger charge is 2.20. The first-order chi connectivity index (χ1) is 8.78. The smallest absolute Gasteiger partial charge is 0.303 e. The summed E-state index contributed by atoms with van der Waals surface area (Å²) >= 11 is 0. The summed E-state index contributed by atoms with van der Waals surface area (Å²) in [4.78, 5) is 22.1. The summed E-state index contributed by atoms with van der Waals surface area (Å²) in [5, 5.41) is 11.4. The molecule has 0 aromatic carbocycles. The molecule has 112 valence electrons. The molecular formula is C13H26N2O4. The molecule has 0 fully saturated rings. The van der Waals surface area contributed by atoms with Gasteiger partial charge in [-0.1, -0.05) is 13.8 Å². The Morgan fingerprint density at radius 3 is 2.53 bits per heavy atom. The highest BCUT2D eigenvalue weighted by Crippen LogP contribution is 2.25. The lowest BCUT2D eigenvalue weighted by atomic mass is 9.84. The molecule has 0 aromatic heterocycles. The first kappa shape index (κ1) is 17.9. The lowest BCUT2D eigenvalue weighted by molar-refractivity contribution is -0.137. The minimum Gasteiger partial charge on any atom is -0.481 e. The molecule has 1 unspecified atom stereocenters. The second-order valence-electron chi connectivity index (χ2n) is 5.49. The molecule has 0 bridgehead atoms. The van der Waals surface area contributed by atoms with Gasteiger partial charge in [0.25, 0.3) is 0 Å². The highest BCUT2D eigenvalue weighted by atomic mass is 16.5. The zero-order valence-electron chi connectivity index (χ0n) is 12.1. The van der Waals surface area contributed by atoms with Crippen molar-refractivity contribution in [2.75, 3.05) is 20.3 Å². The third kappa shape index (κ3) is 9.44. The Labute approximate surface area is 114 Å². The van der Waals surface area contributed by atoms with Crippen molar-refractivity contribution in [2.45, 2.75) is 45.6 Å². The minimum absolute atomic E-state index is 0.109. The lowest BCUT2D eigenvalue weighted by Crippen LogP contribution is -2.42. The van der Waals surface area contributed by atoms with Crippen molar-refractivity contribution in [3.05, 3.63) is 0 Å². The van der Waals surface area contributed by atoms with Gasteiger partial charge in [0.1, 0.15) is 0 Å². The van der Waals surface area contributed by atoms with Crippen molar-refractivity contribution in [1.82, 2.24) is 5.32 Å². The van der Waals surface area contributed by atoms with Crippen molar-refractivity contribution in [3.63, 3.8) is 0 Å². The van der Waals surface area contributed by atoms with Gasteiger partial charge in [-0.3, -0.25) is 9.59 Å². The maximum Gasteiger partial charge on any atom is 0.303 e. The predicted molar refractivity (Wildman–Crippen MR) is 72.7 cm³/mol. The summed E-state index contributed by atoms with van der Waals surface area (Å²) in [5.74, 6) is -0.982. The molecule has 6 heteroatoms. The van der Waals surface area contributed by atoms with Gasteiger partial charge in [0.15, 0.2) is 0 Å². The van der Waals surface area contributed by atoms with E-state index in [1.54, 1.807) is 7.11 Å². The maximum atomic E-state index is 11.6. The number of methoxy groups -OCH3 is 1. The topological polar surface area (TPSA) is 102 Å². The molecular weight excluding hydrogens is 248 g/mol. The first-order valence-electron chi connectivity index (χ1n) is 6.52. The van der Waals surface area contributed by atoms with Crippen molar-refractivity contribution in [2.24, 2.45) is 11.1 Å². The number of carboxylic acid groups (broad SMARTS) is 1. The van der Waals surface area contributed by atoms with Gasteiger partial charge in [-0.25, -0.2) is 0 Å². The molecule has 0 heterocycles. The third-order valence-electron chi connectivity index (χ3n) is 3.09. The fourth-order valence-electron chi connectivity index (χ4n) is 1.60. The van der Waals surface area contributed by atoms with Crippen LogP contribution in [0.15, 0.2) is 0 Å². The van der Waals surface area contributed by atoms with Crippen LogP contribution < -0.4 is 11.1 Å². The van der Waals surface area contributed by atoms with Crippen LogP contribution >= 0.6 is 0 Å². The van der Waals surface area contributed by atoms with Crippen LogP contribution in [0.5, 0.6) is 0 Å². The van der Waals surface area contributed by atoms with Crippen LogP contribution in [0, 0.1) is 5.41 Å². The fourth-order valence-corrected chi connectivity index (χ4v) is 1.60. The van der Waals surface area contributed by atoms with Gasteiger partial charge >= 0.3 is 5.97 Å². The number of nitrogens with one attached hydrogen (secondary N) is 1. The number of carboxylic acids is 1. The van der Waals surface area contributed by atoms with Crippen molar-refractivity contribution >= 4 is 11.9 Å². The molecule has 0 aliphatic rings. The molecule has 6 nitrogen and oxygen atoms in total. The standard InChI is InChI=1S/C13H26N2O4/c1-13(2,6-4-11(16)17)7-8-15-12(18)10(14)5-9-19-3/h10H,4-9,14H2,1-3H3,(H,15,18)(H,16,17). The molecule has 1 amide bonds. The molecule has 0 aliphatic heterocycles. The normalized spacial score (nSPS) is 13.1. The Kier molecular flexibility index (Phi) is 8.34. The van der Waals surface area contributed by atoms with Crippen LogP contribution in [-0.2, 0) is 14.3 Å². The predicted octanol–water partition coefficient (Wildman–Crippen LogP) is 0.748. The van der Waals surface area contributed by atoms with Gasteiger partial charge in [0.05, 0.1) is 6.04 Å². The average Bonchev–Trinajstić information content (AvgIpc) is 2.33. The van der Waals surface area contributed by atoms with Crippen molar-refractivity contribution in [1.29, 1.82) is 0 Å². The lowest BCUT2D eigenvalue weighted by Gasteiger charge is -2.24. The van der Waals surface area contributed by atoms with Crippen LogP contribution in [0.4, 0.5) is 0 Å². The van der Waals surface area contributed by atoms with E-state index in [0.717, 1.165) is 6.42 Å². The van der Waals surface area contributed by atoms with Crippen LogP contribution in [0.1, 0.15) is 39.5 Å². The van der Waals surface area contributed by atoms with Crippen LogP contribution in [0.25, 0.3) is 0 Å². The Balaban J connectivity index is 3.87. The van der Waals surface area contributed by atoms with E-state index in [9.17, 15) is 9.59 Å². The molecule has 1 atom stereocenters. The van der Waals surface area contributed by atoms with E-state index >= 15 is 0 Å². The number of hydrogen-bond acceptors (Lipinski definition) is 4. The Morgan fingerprint density at radius 2 is 2.00 bits per heavy atom. The fraction of sp³-hybridized carbons (Fsp3) is 0.846. The van der Waals surface area contributed by atoms with E-state index in [2.05, 4.69) is 5.32 Å². The number of rotatable bonds is 10. The largest absolute Gasteiger partial charge is 0.481 e. The highest BCUT2D eigenvalue weighted by molar-refractivity contribution is 5.81. The molecule has 19 heavy (non-hydrogen) atoms. The number of ether oxygens (including phenoxy) is 1. The Hall–Kier alpha value is -1.14. The summed E-state index contributed by atoms with van der Waals surface area (Å²) in [6.45, 7) is 4.95. The molecule has 0 spiro atoms. The van der Waals surface area contributed by atoms with Gasteiger partial charge in [-0.05, 0) is 24.7 Å². The number of nitrogens with two attached hydrogens (primary N) is 1. The average molecular weight is 274 g/mol. The summed E-state index contributed by atoms with van der Waals surface area (Å²) in [6.07, 6.45) is 1.95. The summed E-state index contributed by atoms with van der Waals surface area (Å²) in [6, 6.07) is -0.554. The van der Waals surface area contributed by atoms with Crippen molar-refractivity contribution < 1.29 is 19.4 Å². The number of amides is 1. The second-order valence-corrected chi connectivity index (χ2v) is 5.49. The quantitative estimate of drug-likeness (QED) is 0.545. The van der Waals surface area contributed by atoms with Crippen LogP contribution in [0.2, 0.25) is 0 Å². The molecule has 0 radical (unpaired) electrons. The molecule has 0 aromatic rings. The first-order valence-corrected chi connectivity index (χ1v) is 6.52. The third-order valence-corrected chi connectivity index (χ3v) is 3.09. The van der Waals surface area contributed by atoms with E-state index in [0.29, 0.717) is 26.0 Å². The van der Waals surface area contributed by atoms with Gasteiger partial charge in [-0.2, -0.15) is 0 Å². The molecule has 0 saturated carbocycles. The van der Waals surface area contributed by atoms with E-state index in [-0.39, 0.29) is 17.7 Å². The number of aliphatic carboxylic acids is 1. The molecule has 0 saturated heterocycles. The van der Waals surface area contributed by atoms with E-state index < -0.39 is 12.0 Å². The van der Waals surface area contributed by atoms with E-state index in [1.165, 1.54) is 0 Å². The van der Waals surface area contributed by atoms with Crippen LogP contribution in [-0.4, -0.2) is 43.3 Å². The van der Waals surface area contributed by atoms with Gasteiger partial charge < -0.3 is 20.9 Å². The van der Waals surface area contributed by atoms with Crippen molar-refractivity contribution in [3.8, 4) is 0 Å². The zero-order chi connectivity index (χ0) is 14.9. The van der Waals surface area contributed by atoms with E-state index in [4.69, 9.17) is 15.6 Å². The maximum absolute atomic E-state index is 11.6. The number of carbonyl (C=O) groups excluding carboxylic acids is 1. The van der Waals surface area contributed by atoms with Gasteiger partial charge in [0.2, 0.25) is 5.91 Å². The summed E-state index contributed by atoms with van der Waals surface area (Å²) < 4.78 is 4.86. The SMILES string of the molecule is COCCC(N)C(=O)NCCC(C)(C)CCC(=O)O.